The number of thioether (sulfide) groups is 1. The number of aromatic nitrogens is 1. The van der Waals surface area contributed by atoms with E-state index in [1.807, 2.05) is 59.5 Å². The van der Waals surface area contributed by atoms with Gasteiger partial charge in [-0.15, -0.1) is 11.8 Å². The molecule has 1 fully saturated rings. The molecule has 1 unspecified atom stereocenters. The minimum atomic E-state index is -0.0603. The Balaban J connectivity index is 1.41. The molecule has 30 heavy (non-hydrogen) atoms. The van der Waals surface area contributed by atoms with Crippen molar-refractivity contribution in [3.05, 3.63) is 84.1 Å². The number of anilines is 1. The molecule has 2 aromatic carbocycles. The highest BCUT2D eigenvalue weighted by Crippen LogP contribution is 2.34. The number of nitrogens with zero attached hydrogens (tertiary/aromatic N) is 2. The molecule has 2 heterocycles. The summed E-state index contributed by atoms with van der Waals surface area (Å²) in [5.74, 6) is 1.62. The van der Waals surface area contributed by atoms with E-state index >= 15 is 0 Å². The number of carbonyl (C=O) groups excluding carboxylic acids is 1. The van der Waals surface area contributed by atoms with Crippen LogP contribution < -0.4 is 10.1 Å². The maximum Gasteiger partial charge on any atom is 0.322 e. The van der Waals surface area contributed by atoms with E-state index in [-0.39, 0.29) is 12.1 Å². The third-order valence-electron chi connectivity index (χ3n) is 5.19. The number of likely N-dealkylation sites (tertiary alicyclic amines) is 1. The number of amides is 2. The Hall–Kier alpha value is -2.99. The fourth-order valence-corrected chi connectivity index (χ4v) is 4.53. The van der Waals surface area contributed by atoms with Gasteiger partial charge in [0.2, 0.25) is 0 Å². The van der Waals surface area contributed by atoms with Crippen LogP contribution in [0.25, 0.3) is 0 Å². The molecule has 1 aromatic heterocycles. The molecule has 1 atom stereocenters. The van der Waals surface area contributed by atoms with Gasteiger partial charge in [0.05, 0.1) is 18.2 Å². The first-order valence-electron chi connectivity index (χ1n) is 10.1. The van der Waals surface area contributed by atoms with Gasteiger partial charge in [-0.25, -0.2) is 9.78 Å². The molecule has 4 rings (SSSR count). The van der Waals surface area contributed by atoms with Crippen molar-refractivity contribution < 1.29 is 9.53 Å². The Bertz CT molecular complexity index is 997. The fraction of sp³-hybridized carbons (Fsp3) is 0.250. The van der Waals surface area contributed by atoms with Crippen LogP contribution in [0.3, 0.4) is 0 Å². The molecule has 2 amide bonds. The Morgan fingerprint density at radius 2 is 2.07 bits per heavy atom. The average molecular weight is 420 g/mol. The zero-order chi connectivity index (χ0) is 20.8. The number of ether oxygens (including phenoxy) is 1. The number of nitrogens with one attached hydrogen (secondary N) is 1. The Kier molecular flexibility index (Phi) is 6.54. The molecular weight excluding hydrogens is 394 g/mol. The predicted molar refractivity (Wildman–Crippen MR) is 121 cm³/mol. The molecule has 3 aromatic rings. The van der Waals surface area contributed by atoms with Crippen molar-refractivity contribution in [3.8, 4) is 5.75 Å². The van der Waals surface area contributed by atoms with Crippen molar-refractivity contribution in [1.29, 1.82) is 0 Å². The lowest BCUT2D eigenvalue weighted by Crippen LogP contribution is -2.34. The largest absolute Gasteiger partial charge is 0.497 e. The quantitative estimate of drug-likeness (QED) is 0.517. The van der Waals surface area contributed by atoms with E-state index in [9.17, 15) is 4.79 Å². The highest BCUT2D eigenvalue weighted by Gasteiger charge is 2.30. The van der Waals surface area contributed by atoms with E-state index in [1.165, 1.54) is 0 Å². The molecule has 6 heteroatoms. The molecule has 154 valence electrons. The summed E-state index contributed by atoms with van der Waals surface area (Å²) >= 11 is 1.68. The van der Waals surface area contributed by atoms with E-state index in [2.05, 4.69) is 22.4 Å². The van der Waals surface area contributed by atoms with Crippen LogP contribution >= 0.6 is 11.8 Å². The van der Waals surface area contributed by atoms with Gasteiger partial charge in [0.25, 0.3) is 0 Å². The van der Waals surface area contributed by atoms with Crippen molar-refractivity contribution in [2.75, 3.05) is 19.0 Å². The summed E-state index contributed by atoms with van der Waals surface area (Å²) in [6.45, 7) is 0.753. The summed E-state index contributed by atoms with van der Waals surface area (Å²) in [5, 5.41) is 4.07. The minimum Gasteiger partial charge on any atom is -0.497 e. The van der Waals surface area contributed by atoms with Crippen LogP contribution in [0.4, 0.5) is 10.5 Å². The van der Waals surface area contributed by atoms with Gasteiger partial charge in [0.15, 0.2) is 0 Å². The zero-order valence-electron chi connectivity index (χ0n) is 17.0. The third kappa shape index (κ3) is 4.94. The average Bonchev–Trinajstić information content (AvgIpc) is 3.29. The SMILES string of the molecule is COc1cccc(C2CCCN2C(=O)Nc2cccc(CSc3ccccn3)c2)c1. The third-order valence-corrected chi connectivity index (χ3v) is 6.21. The van der Waals surface area contributed by atoms with Gasteiger partial charge in [-0.05, 0) is 60.4 Å². The number of pyridine rings is 1. The van der Waals surface area contributed by atoms with Crippen molar-refractivity contribution in [2.24, 2.45) is 0 Å². The predicted octanol–water partition coefficient (Wildman–Crippen LogP) is 5.75. The summed E-state index contributed by atoms with van der Waals surface area (Å²) in [4.78, 5) is 19.3. The Labute approximate surface area is 181 Å². The van der Waals surface area contributed by atoms with Crippen LogP contribution in [-0.4, -0.2) is 29.6 Å². The van der Waals surface area contributed by atoms with Gasteiger partial charge < -0.3 is 15.0 Å². The zero-order valence-corrected chi connectivity index (χ0v) is 17.8. The molecule has 5 nitrogen and oxygen atoms in total. The number of rotatable bonds is 6. The van der Waals surface area contributed by atoms with E-state index < -0.39 is 0 Å². The first kappa shape index (κ1) is 20.3. The second kappa shape index (κ2) is 9.67. The number of hydrogen-bond donors (Lipinski definition) is 1. The molecule has 1 saturated heterocycles. The first-order chi connectivity index (χ1) is 14.7. The fourth-order valence-electron chi connectivity index (χ4n) is 3.73. The number of hydrogen-bond acceptors (Lipinski definition) is 4. The summed E-state index contributed by atoms with van der Waals surface area (Å²) in [6.07, 6.45) is 3.76. The molecule has 0 saturated carbocycles. The van der Waals surface area contributed by atoms with Gasteiger partial charge in [-0.1, -0.05) is 30.3 Å². The summed E-state index contributed by atoms with van der Waals surface area (Å²) < 4.78 is 5.35. The lowest BCUT2D eigenvalue weighted by atomic mass is 10.0. The second-order valence-electron chi connectivity index (χ2n) is 7.22. The smallest absolute Gasteiger partial charge is 0.322 e. The standard InChI is InChI=1S/C24H25N3O2S/c1-29-21-10-5-8-19(16-21)22-11-6-14-27(22)24(28)26-20-9-4-7-18(15-20)17-30-23-12-2-3-13-25-23/h2-5,7-10,12-13,15-16,22H,6,11,14,17H2,1H3,(H,26,28). The highest BCUT2D eigenvalue weighted by atomic mass is 32.2. The molecule has 0 radical (unpaired) electrons. The summed E-state index contributed by atoms with van der Waals surface area (Å²) in [7, 11) is 1.66. The van der Waals surface area contributed by atoms with Crippen LogP contribution in [-0.2, 0) is 5.75 Å². The Morgan fingerprint density at radius 1 is 1.17 bits per heavy atom. The molecule has 0 aliphatic carbocycles. The van der Waals surface area contributed by atoms with Crippen molar-refractivity contribution in [3.63, 3.8) is 0 Å². The minimum absolute atomic E-state index is 0.0603. The van der Waals surface area contributed by atoms with E-state index in [0.717, 1.165) is 52.7 Å². The summed E-state index contributed by atoms with van der Waals surface area (Å²) in [5.41, 5.74) is 3.08. The molecule has 1 aliphatic rings. The molecule has 1 aliphatic heterocycles. The van der Waals surface area contributed by atoms with Gasteiger partial charge >= 0.3 is 6.03 Å². The Morgan fingerprint density at radius 3 is 2.90 bits per heavy atom. The van der Waals surface area contributed by atoms with Crippen molar-refractivity contribution >= 4 is 23.5 Å². The molecule has 0 spiro atoms. The van der Waals surface area contributed by atoms with Crippen LogP contribution in [0.2, 0.25) is 0 Å². The molecular formula is C24H25N3O2S. The normalized spacial score (nSPS) is 15.8. The number of methoxy groups -OCH3 is 1. The maximum atomic E-state index is 13.0. The van der Waals surface area contributed by atoms with Crippen molar-refractivity contribution in [2.45, 2.75) is 29.7 Å². The maximum absolute atomic E-state index is 13.0. The first-order valence-corrected chi connectivity index (χ1v) is 11.1. The van der Waals surface area contributed by atoms with Crippen LogP contribution in [0.1, 0.15) is 30.0 Å². The van der Waals surface area contributed by atoms with E-state index in [0.29, 0.717) is 0 Å². The van der Waals surface area contributed by atoms with Gasteiger partial charge in [0, 0.05) is 24.2 Å². The van der Waals surface area contributed by atoms with E-state index in [4.69, 9.17) is 4.74 Å². The lowest BCUT2D eigenvalue weighted by Gasteiger charge is -2.25. The number of benzene rings is 2. The van der Waals surface area contributed by atoms with Crippen molar-refractivity contribution in [1.82, 2.24) is 9.88 Å². The second-order valence-corrected chi connectivity index (χ2v) is 8.21. The number of urea groups is 1. The summed E-state index contributed by atoms with van der Waals surface area (Å²) in [6, 6.07) is 21.9. The van der Waals surface area contributed by atoms with Crippen LogP contribution in [0, 0.1) is 0 Å². The lowest BCUT2D eigenvalue weighted by molar-refractivity contribution is 0.207. The van der Waals surface area contributed by atoms with Gasteiger partial charge in [0.1, 0.15) is 5.75 Å². The molecule has 1 N–H and O–H groups in total. The van der Waals surface area contributed by atoms with Gasteiger partial charge in [-0.2, -0.15) is 0 Å². The topological polar surface area (TPSA) is 54.5 Å². The number of carbonyl (C=O) groups is 1. The van der Waals surface area contributed by atoms with Gasteiger partial charge in [-0.3, -0.25) is 0 Å². The van der Waals surface area contributed by atoms with Crippen LogP contribution in [0.15, 0.2) is 78.0 Å². The van der Waals surface area contributed by atoms with Crippen LogP contribution in [0.5, 0.6) is 5.75 Å². The van der Waals surface area contributed by atoms with E-state index in [1.54, 1.807) is 25.1 Å². The monoisotopic (exact) mass is 419 g/mol. The highest BCUT2D eigenvalue weighted by molar-refractivity contribution is 7.98. The molecule has 0 bridgehead atoms.